The van der Waals surface area contributed by atoms with Crippen LogP contribution in [-0.2, 0) is 27.3 Å². The molecule has 4 N–H and O–H groups in total. The third-order valence-corrected chi connectivity index (χ3v) is 8.63. The highest BCUT2D eigenvalue weighted by Gasteiger charge is 2.44. The summed E-state index contributed by atoms with van der Waals surface area (Å²) in [5.41, 5.74) is 0.884. The topological polar surface area (TPSA) is 103 Å². The van der Waals surface area contributed by atoms with E-state index in [4.69, 9.17) is 23.2 Å². The minimum absolute atomic E-state index is 0.00208. The number of carbonyl (C=O) groups excluding carboxylic acids is 3. The lowest BCUT2D eigenvalue weighted by Gasteiger charge is -2.41. The molecule has 42 heavy (non-hydrogen) atoms. The Labute approximate surface area is 257 Å². The second kappa shape index (κ2) is 13.7. The van der Waals surface area contributed by atoms with Crippen LogP contribution in [0.4, 0.5) is 10.1 Å². The van der Waals surface area contributed by atoms with E-state index < -0.39 is 23.3 Å². The van der Waals surface area contributed by atoms with Crippen LogP contribution in [0.2, 0.25) is 10.0 Å². The maximum absolute atomic E-state index is 14.8. The number of nitrogens with one attached hydrogen (secondary N) is 4. The molecule has 0 saturated carbocycles. The van der Waals surface area contributed by atoms with E-state index in [9.17, 15) is 18.8 Å². The smallest absolute Gasteiger partial charge is 0.250 e. The summed E-state index contributed by atoms with van der Waals surface area (Å²) in [4.78, 5) is 42.2. The van der Waals surface area contributed by atoms with Crippen LogP contribution in [-0.4, -0.2) is 60.4 Å². The fourth-order valence-electron chi connectivity index (χ4n) is 5.41. The number of rotatable bonds is 9. The summed E-state index contributed by atoms with van der Waals surface area (Å²) in [6.45, 7) is 8.93. The SMILES string of the molecule is CC(C)(C)CNC(=O)CCCN1Cc2ccccc2C[C@H]1C(=O)NC1(C(=O)Nc2ccc(Cl)c(Cl)c2F)CCNCC1. The molecular formula is C31H40Cl2FN5O3. The Kier molecular flexibility index (Phi) is 10.5. The van der Waals surface area contributed by atoms with Gasteiger partial charge in [0.25, 0.3) is 0 Å². The minimum Gasteiger partial charge on any atom is -0.356 e. The van der Waals surface area contributed by atoms with Crippen molar-refractivity contribution in [1.82, 2.24) is 20.9 Å². The predicted octanol–water partition coefficient (Wildman–Crippen LogP) is 4.68. The first-order chi connectivity index (χ1) is 19.9. The van der Waals surface area contributed by atoms with Gasteiger partial charge in [0.15, 0.2) is 5.82 Å². The summed E-state index contributed by atoms with van der Waals surface area (Å²) >= 11 is 11.9. The summed E-state index contributed by atoms with van der Waals surface area (Å²) < 4.78 is 14.8. The molecule has 1 saturated heterocycles. The molecule has 2 aliphatic heterocycles. The fourth-order valence-corrected chi connectivity index (χ4v) is 5.72. The Morgan fingerprint density at radius 1 is 1.07 bits per heavy atom. The highest BCUT2D eigenvalue weighted by Crippen LogP contribution is 2.32. The zero-order chi connectivity index (χ0) is 30.5. The molecule has 0 aliphatic carbocycles. The van der Waals surface area contributed by atoms with Crippen LogP contribution in [0.3, 0.4) is 0 Å². The van der Waals surface area contributed by atoms with Crippen molar-refractivity contribution in [2.75, 3.05) is 31.5 Å². The fraction of sp³-hybridized carbons (Fsp3) is 0.516. The van der Waals surface area contributed by atoms with Gasteiger partial charge in [-0.05, 0) is 74.0 Å². The molecule has 2 aromatic rings. The standard InChI is InChI=1S/C31H40Cl2FN5O3/c1-30(2,3)19-36-25(40)9-6-16-39-18-21-8-5-4-7-20(21)17-24(39)28(41)38-31(12-14-35-15-13-31)29(42)37-23-11-10-22(32)26(33)27(23)34/h4-5,7-8,10-11,24,35H,6,9,12-19H2,1-3H3,(H,36,40)(H,37,42)(H,38,41)/t24-/m0/s1. The Morgan fingerprint density at radius 2 is 1.76 bits per heavy atom. The van der Waals surface area contributed by atoms with Crippen LogP contribution >= 0.6 is 23.2 Å². The molecule has 0 aromatic heterocycles. The minimum atomic E-state index is -1.24. The molecule has 0 bridgehead atoms. The van der Waals surface area contributed by atoms with E-state index >= 15 is 0 Å². The van der Waals surface area contributed by atoms with Crippen molar-refractivity contribution in [3.05, 3.63) is 63.4 Å². The summed E-state index contributed by atoms with van der Waals surface area (Å²) in [6.07, 6.45) is 2.11. The van der Waals surface area contributed by atoms with Gasteiger partial charge in [-0.3, -0.25) is 19.3 Å². The number of hydrogen-bond acceptors (Lipinski definition) is 5. The molecule has 1 fully saturated rings. The summed E-state index contributed by atoms with van der Waals surface area (Å²) in [7, 11) is 0. The number of fused-ring (bicyclic) bond motifs is 1. The molecule has 0 spiro atoms. The number of nitrogens with zero attached hydrogens (tertiary/aromatic N) is 1. The number of anilines is 1. The van der Waals surface area contributed by atoms with Gasteiger partial charge in [-0.25, -0.2) is 4.39 Å². The largest absolute Gasteiger partial charge is 0.356 e. The molecule has 2 aromatic carbocycles. The van der Waals surface area contributed by atoms with Gasteiger partial charge in [-0.15, -0.1) is 0 Å². The van der Waals surface area contributed by atoms with Crippen LogP contribution in [0.25, 0.3) is 0 Å². The van der Waals surface area contributed by atoms with Gasteiger partial charge in [-0.1, -0.05) is 68.2 Å². The second-order valence-electron chi connectivity index (χ2n) is 12.4. The molecule has 3 amide bonds. The maximum atomic E-state index is 14.8. The van der Waals surface area contributed by atoms with Crippen molar-refractivity contribution in [2.45, 2.75) is 71.0 Å². The lowest BCUT2D eigenvalue weighted by molar-refractivity contribution is -0.135. The van der Waals surface area contributed by atoms with Gasteiger partial charge >= 0.3 is 0 Å². The van der Waals surface area contributed by atoms with Crippen LogP contribution in [0.5, 0.6) is 0 Å². The maximum Gasteiger partial charge on any atom is 0.250 e. The summed E-state index contributed by atoms with van der Waals surface area (Å²) in [5, 5.41) is 11.7. The van der Waals surface area contributed by atoms with E-state index in [2.05, 4.69) is 53.0 Å². The number of amides is 3. The number of piperidine rings is 1. The van der Waals surface area contributed by atoms with Gasteiger partial charge < -0.3 is 21.3 Å². The highest BCUT2D eigenvalue weighted by atomic mass is 35.5. The van der Waals surface area contributed by atoms with Gasteiger partial charge in [0, 0.05) is 19.5 Å². The molecule has 1 atom stereocenters. The lowest BCUT2D eigenvalue weighted by atomic mass is 9.85. The van der Waals surface area contributed by atoms with Crippen molar-refractivity contribution >= 4 is 46.6 Å². The van der Waals surface area contributed by atoms with Crippen LogP contribution in [0.15, 0.2) is 36.4 Å². The third-order valence-electron chi connectivity index (χ3n) is 7.85. The summed E-state index contributed by atoms with van der Waals surface area (Å²) in [5.74, 6) is -1.61. The average molecular weight is 621 g/mol. The van der Waals surface area contributed by atoms with Crippen molar-refractivity contribution in [3.63, 3.8) is 0 Å². The van der Waals surface area contributed by atoms with Gasteiger partial charge in [0.2, 0.25) is 17.7 Å². The molecular weight excluding hydrogens is 580 g/mol. The molecule has 0 radical (unpaired) electrons. The van der Waals surface area contributed by atoms with Gasteiger partial charge in [0.1, 0.15) is 5.54 Å². The first kappa shape index (κ1) is 32.2. The predicted molar refractivity (Wildman–Crippen MR) is 164 cm³/mol. The van der Waals surface area contributed by atoms with E-state index in [0.29, 0.717) is 64.8 Å². The molecule has 4 rings (SSSR count). The number of carbonyl (C=O) groups is 3. The first-order valence-electron chi connectivity index (χ1n) is 14.4. The molecule has 8 nitrogen and oxygen atoms in total. The molecule has 0 unspecified atom stereocenters. The van der Waals surface area contributed by atoms with E-state index in [1.54, 1.807) is 0 Å². The van der Waals surface area contributed by atoms with Crippen molar-refractivity contribution in [3.8, 4) is 0 Å². The zero-order valence-electron chi connectivity index (χ0n) is 24.4. The molecule has 2 heterocycles. The average Bonchev–Trinajstić information content (AvgIpc) is 2.96. The number of hydrogen-bond donors (Lipinski definition) is 4. The number of benzene rings is 2. The second-order valence-corrected chi connectivity index (χ2v) is 13.2. The van der Waals surface area contributed by atoms with E-state index in [1.807, 2.05) is 18.2 Å². The number of halogens is 3. The van der Waals surface area contributed by atoms with Gasteiger partial charge in [-0.2, -0.15) is 0 Å². The Morgan fingerprint density at radius 3 is 2.45 bits per heavy atom. The summed E-state index contributed by atoms with van der Waals surface area (Å²) in [6, 6.07) is 10.3. The Balaban J connectivity index is 1.49. The highest BCUT2D eigenvalue weighted by molar-refractivity contribution is 6.42. The van der Waals surface area contributed by atoms with Gasteiger partial charge in [0.05, 0.1) is 21.8 Å². The zero-order valence-corrected chi connectivity index (χ0v) is 25.9. The van der Waals surface area contributed by atoms with E-state index in [0.717, 1.165) is 11.1 Å². The van der Waals surface area contributed by atoms with Crippen molar-refractivity contribution in [1.29, 1.82) is 0 Å². The monoisotopic (exact) mass is 619 g/mol. The first-order valence-corrected chi connectivity index (χ1v) is 15.2. The normalized spacial score (nSPS) is 18.6. The van der Waals surface area contributed by atoms with Crippen molar-refractivity contribution in [2.24, 2.45) is 5.41 Å². The third kappa shape index (κ3) is 8.01. The Bertz CT molecular complexity index is 1310. The van der Waals surface area contributed by atoms with Crippen molar-refractivity contribution < 1.29 is 18.8 Å². The molecule has 228 valence electrons. The van der Waals surface area contributed by atoms with E-state index in [-0.39, 0.29) is 33.0 Å². The van der Waals surface area contributed by atoms with Crippen LogP contribution in [0, 0.1) is 11.2 Å². The molecule has 11 heteroatoms. The van der Waals surface area contributed by atoms with Crippen LogP contribution in [0.1, 0.15) is 57.6 Å². The van der Waals surface area contributed by atoms with E-state index in [1.165, 1.54) is 12.1 Å². The molecule has 2 aliphatic rings. The lowest BCUT2D eigenvalue weighted by Crippen LogP contribution is -2.64. The van der Waals surface area contributed by atoms with Crippen LogP contribution < -0.4 is 21.3 Å². The quantitative estimate of drug-likeness (QED) is 0.305. The Hall–Kier alpha value is -2.72.